The van der Waals surface area contributed by atoms with Crippen molar-refractivity contribution in [2.45, 2.75) is 39.7 Å². The number of anilines is 1. The Morgan fingerprint density at radius 3 is 2.71 bits per heavy atom. The minimum absolute atomic E-state index is 0.0295. The molecule has 7 heteroatoms. The lowest BCUT2D eigenvalue weighted by Gasteiger charge is -2.26. The molecule has 1 aromatic heterocycles. The number of fused-ring (bicyclic) bond motifs is 1. The van der Waals surface area contributed by atoms with Crippen LogP contribution in [0.5, 0.6) is 5.75 Å². The summed E-state index contributed by atoms with van der Waals surface area (Å²) >= 11 is 0. The number of allylic oxidation sites excluding steroid dienone is 1. The molecule has 0 bridgehead atoms. The maximum Gasteiger partial charge on any atom is 0.345 e. The van der Waals surface area contributed by atoms with E-state index >= 15 is 0 Å². The van der Waals surface area contributed by atoms with E-state index in [2.05, 4.69) is 10.3 Å². The molecule has 1 unspecified atom stereocenters. The molecule has 2 heterocycles. The van der Waals surface area contributed by atoms with Gasteiger partial charge in [-0.2, -0.15) is 0 Å². The zero-order chi connectivity index (χ0) is 20.1. The van der Waals surface area contributed by atoms with Crippen molar-refractivity contribution in [1.29, 1.82) is 0 Å². The Labute approximate surface area is 164 Å². The molecule has 0 saturated carbocycles. The molecule has 148 valence electrons. The summed E-state index contributed by atoms with van der Waals surface area (Å²) < 4.78 is 12.0. The number of aromatic nitrogens is 2. The highest BCUT2D eigenvalue weighted by Gasteiger charge is 2.25. The number of nitrogens with zero attached hydrogens (tertiary/aromatic N) is 2. The summed E-state index contributed by atoms with van der Waals surface area (Å²) in [5.74, 6) is 0.763. The predicted molar refractivity (Wildman–Crippen MR) is 108 cm³/mol. The Hall–Kier alpha value is -3.09. The first kappa shape index (κ1) is 19.7. The number of nitrogens with one attached hydrogen (secondary N) is 1. The van der Waals surface area contributed by atoms with E-state index in [4.69, 9.17) is 9.47 Å². The van der Waals surface area contributed by atoms with Crippen LogP contribution in [0.4, 0.5) is 5.69 Å². The van der Waals surface area contributed by atoms with Gasteiger partial charge in [-0.25, -0.2) is 9.78 Å². The van der Waals surface area contributed by atoms with E-state index in [1.807, 2.05) is 44.3 Å². The van der Waals surface area contributed by atoms with E-state index in [1.165, 1.54) is 6.20 Å². The van der Waals surface area contributed by atoms with Gasteiger partial charge < -0.3 is 14.8 Å². The zero-order valence-electron chi connectivity index (χ0n) is 16.4. The summed E-state index contributed by atoms with van der Waals surface area (Å²) in [6, 6.07) is 7.62. The van der Waals surface area contributed by atoms with Crippen molar-refractivity contribution in [3.05, 3.63) is 58.4 Å². The molecular formula is C21H25N3O4. The molecular weight excluding hydrogens is 358 g/mol. The number of rotatable bonds is 6. The first-order valence-corrected chi connectivity index (χ1v) is 9.52. The van der Waals surface area contributed by atoms with Gasteiger partial charge in [0.05, 0.1) is 13.2 Å². The summed E-state index contributed by atoms with van der Waals surface area (Å²) in [7, 11) is 0. The van der Waals surface area contributed by atoms with Gasteiger partial charge in [0.15, 0.2) is 0 Å². The van der Waals surface area contributed by atoms with E-state index in [0.717, 1.165) is 29.9 Å². The number of hydrogen-bond donors (Lipinski definition) is 1. The average molecular weight is 383 g/mol. The normalized spacial score (nSPS) is 17.1. The molecule has 0 amide bonds. The monoisotopic (exact) mass is 383 g/mol. The van der Waals surface area contributed by atoms with Gasteiger partial charge in [0.1, 0.15) is 17.1 Å². The summed E-state index contributed by atoms with van der Waals surface area (Å²) in [6.45, 7) is 6.45. The maximum absolute atomic E-state index is 12.8. The Bertz CT molecular complexity index is 932. The van der Waals surface area contributed by atoms with Crippen molar-refractivity contribution >= 4 is 17.2 Å². The van der Waals surface area contributed by atoms with E-state index in [1.54, 1.807) is 11.5 Å². The van der Waals surface area contributed by atoms with Gasteiger partial charge in [-0.05, 0) is 57.9 Å². The standard InChI is InChI=1S/C21H25N3O4/c1-4-27-17-10-8-16(9-11-17)22-12-15-7-6-14(3)24-19(15)23-13-18(20(24)25)21(26)28-5-2/h8-14,22H,4-7H2,1-3H3/b15-12-. The Morgan fingerprint density at radius 2 is 2.04 bits per heavy atom. The molecule has 1 aliphatic heterocycles. The predicted octanol–water partition coefficient (Wildman–Crippen LogP) is 3.63. The van der Waals surface area contributed by atoms with Crippen LogP contribution in [-0.2, 0) is 4.74 Å². The Morgan fingerprint density at radius 1 is 1.29 bits per heavy atom. The number of benzene rings is 1. The fraction of sp³-hybridized carbons (Fsp3) is 0.381. The molecule has 1 atom stereocenters. The third kappa shape index (κ3) is 4.08. The molecule has 0 fully saturated rings. The molecule has 0 aliphatic carbocycles. The van der Waals surface area contributed by atoms with Crippen LogP contribution in [0.15, 0.2) is 41.5 Å². The second-order valence-electron chi connectivity index (χ2n) is 6.55. The zero-order valence-corrected chi connectivity index (χ0v) is 16.4. The Kier molecular flexibility index (Phi) is 6.13. The third-order valence-corrected chi connectivity index (χ3v) is 4.63. The van der Waals surface area contributed by atoms with Crippen LogP contribution >= 0.6 is 0 Å². The lowest BCUT2D eigenvalue weighted by atomic mass is 10.0. The summed E-state index contributed by atoms with van der Waals surface area (Å²) in [5.41, 5.74) is 1.44. The van der Waals surface area contributed by atoms with Crippen LogP contribution in [0.3, 0.4) is 0 Å². The van der Waals surface area contributed by atoms with Crippen molar-refractivity contribution < 1.29 is 14.3 Å². The van der Waals surface area contributed by atoms with Gasteiger partial charge in [-0.15, -0.1) is 0 Å². The van der Waals surface area contributed by atoms with Crippen LogP contribution in [0.2, 0.25) is 0 Å². The maximum atomic E-state index is 12.8. The van der Waals surface area contributed by atoms with Gasteiger partial charge in [-0.3, -0.25) is 9.36 Å². The number of hydrogen-bond acceptors (Lipinski definition) is 6. The van der Waals surface area contributed by atoms with Gasteiger partial charge in [0.2, 0.25) is 0 Å². The van der Waals surface area contributed by atoms with Gasteiger partial charge in [0.25, 0.3) is 5.56 Å². The molecule has 1 N–H and O–H groups in total. The van der Waals surface area contributed by atoms with Crippen LogP contribution in [0.25, 0.3) is 5.57 Å². The van der Waals surface area contributed by atoms with Gasteiger partial charge >= 0.3 is 5.97 Å². The molecule has 0 spiro atoms. The van der Waals surface area contributed by atoms with Crippen molar-refractivity contribution in [2.75, 3.05) is 18.5 Å². The number of ether oxygens (including phenoxy) is 2. The van der Waals surface area contributed by atoms with E-state index < -0.39 is 5.97 Å². The van der Waals surface area contributed by atoms with Gasteiger partial charge in [0, 0.05) is 29.7 Å². The summed E-state index contributed by atoms with van der Waals surface area (Å²) in [6.07, 6.45) is 4.76. The lowest BCUT2D eigenvalue weighted by molar-refractivity contribution is 0.0522. The van der Waals surface area contributed by atoms with E-state index in [0.29, 0.717) is 12.4 Å². The van der Waals surface area contributed by atoms with Gasteiger partial charge in [-0.1, -0.05) is 0 Å². The number of esters is 1. The van der Waals surface area contributed by atoms with E-state index in [-0.39, 0.29) is 23.8 Å². The smallest absolute Gasteiger partial charge is 0.345 e. The summed E-state index contributed by atoms with van der Waals surface area (Å²) in [4.78, 5) is 29.2. The number of carbonyl (C=O) groups excluding carboxylic acids is 1. The lowest BCUT2D eigenvalue weighted by Crippen LogP contribution is -2.34. The molecule has 0 saturated heterocycles. The van der Waals surface area contributed by atoms with Crippen LogP contribution in [-0.4, -0.2) is 28.7 Å². The van der Waals surface area contributed by atoms with Crippen LogP contribution < -0.4 is 15.6 Å². The number of carbonyl (C=O) groups is 1. The first-order chi connectivity index (χ1) is 13.5. The highest BCUT2D eigenvalue weighted by molar-refractivity contribution is 5.88. The summed E-state index contributed by atoms with van der Waals surface area (Å²) in [5, 5.41) is 3.25. The molecule has 28 heavy (non-hydrogen) atoms. The Balaban J connectivity index is 1.88. The minimum atomic E-state index is -0.633. The fourth-order valence-corrected chi connectivity index (χ4v) is 3.19. The van der Waals surface area contributed by atoms with Crippen LogP contribution in [0, 0.1) is 0 Å². The minimum Gasteiger partial charge on any atom is -0.494 e. The second-order valence-corrected chi connectivity index (χ2v) is 6.55. The average Bonchev–Trinajstić information content (AvgIpc) is 2.69. The van der Waals surface area contributed by atoms with Crippen molar-refractivity contribution in [2.24, 2.45) is 0 Å². The molecule has 1 aromatic carbocycles. The van der Waals surface area contributed by atoms with Crippen LogP contribution in [0.1, 0.15) is 55.8 Å². The van der Waals surface area contributed by atoms with Crippen molar-refractivity contribution in [1.82, 2.24) is 9.55 Å². The first-order valence-electron chi connectivity index (χ1n) is 9.52. The van der Waals surface area contributed by atoms with Crippen molar-refractivity contribution in [3.8, 4) is 5.75 Å². The van der Waals surface area contributed by atoms with Crippen molar-refractivity contribution in [3.63, 3.8) is 0 Å². The molecule has 3 rings (SSSR count). The SMILES string of the molecule is CCOC(=O)c1cnc2n(c1=O)C(C)CC/C2=C/Nc1ccc(OCC)cc1. The quantitative estimate of drug-likeness (QED) is 0.767. The molecule has 1 aliphatic rings. The largest absolute Gasteiger partial charge is 0.494 e. The highest BCUT2D eigenvalue weighted by atomic mass is 16.5. The van der Waals surface area contributed by atoms with E-state index in [9.17, 15) is 9.59 Å². The topological polar surface area (TPSA) is 82.5 Å². The molecule has 0 radical (unpaired) electrons. The fourth-order valence-electron chi connectivity index (χ4n) is 3.19. The highest BCUT2D eigenvalue weighted by Crippen LogP contribution is 2.30. The second kappa shape index (κ2) is 8.73. The molecule has 7 nitrogen and oxygen atoms in total. The molecule has 2 aromatic rings. The third-order valence-electron chi connectivity index (χ3n) is 4.63.